The molecule has 0 aromatic carbocycles. The number of rotatable bonds is 8. The Kier molecular flexibility index (Phi) is 6.88. The lowest BCUT2D eigenvalue weighted by Crippen LogP contribution is -2.26. The highest BCUT2D eigenvalue weighted by Crippen LogP contribution is 2.19. The maximum atomic E-state index is 5.60. The molecule has 1 aromatic rings. The summed E-state index contributed by atoms with van der Waals surface area (Å²) in [5, 5.41) is 3.17. The van der Waals surface area contributed by atoms with Crippen molar-refractivity contribution < 1.29 is 4.74 Å². The molecule has 5 heteroatoms. The first-order chi connectivity index (χ1) is 9.45. The summed E-state index contributed by atoms with van der Waals surface area (Å²) in [4.78, 5) is 11.3. The molecule has 0 aliphatic carbocycles. The number of aromatic nitrogens is 2. The lowest BCUT2D eigenvalue weighted by Gasteiger charge is -2.22. The summed E-state index contributed by atoms with van der Waals surface area (Å²) in [5.41, 5.74) is 2.11. The van der Waals surface area contributed by atoms with E-state index in [2.05, 4.69) is 41.1 Å². The monoisotopic (exact) mass is 280 g/mol. The maximum absolute atomic E-state index is 5.60. The van der Waals surface area contributed by atoms with Gasteiger partial charge in [0, 0.05) is 26.1 Å². The van der Waals surface area contributed by atoms with Gasteiger partial charge in [-0.25, -0.2) is 9.97 Å². The first-order valence-corrected chi connectivity index (χ1v) is 7.28. The minimum absolute atomic E-state index is 0.264. The number of likely N-dealkylation sites (N-methyl/N-ethyl adjacent to an activating group) is 1. The lowest BCUT2D eigenvalue weighted by molar-refractivity contribution is 0.0846. The Morgan fingerprint density at radius 2 is 2.00 bits per heavy atom. The average Bonchev–Trinajstić information content (AvgIpc) is 2.38. The summed E-state index contributed by atoms with van der Waals surface area (Å²) in [7, 11) is 3.99. The van der Waals surface area contributed by atoms with E-state index in [0.717, 1.165) is 30.3 Å². The van der Waals surface area contributed by atoms with Crippen LogP contribution in [0.4, 0.5) is 5.69 Å². The molecule has 114 valence electrons. The van der Waals surface area contributed by atoms with Crippen molar-refractivity contribution in [2.24, 2.45) is 0 Å². The standard InChI is InChI=1S/C15H28N4O/c1-11(2)15-17-10-14(13(18-15)9-16-5)19(6)7-8-20-12(3)4/h10-12,16H,7-9H2,1-6H3. The van der Waals surface area contributed by atoms with Gasteiger partial charge in [-0.05, 0) is 20.9 Å². The zero-order chi connectivity index (χ0) is 15.1. The Morgan fingerprint density at radius 1 is 1.30 bits per heavy atom. The van der Waals surface area contributed by atoms with E-state index in [1.165, 1.54) is 0 Å². The zero-order valence-electron chi connectivity index (χ0n) is 13.6. The van der Waals surface area contributed by atoms with Crippen molar-refractivity contribution in [3.05, 3.63) is 17.7 Å². The van der Waals surface area contributed by atoms with Crippen LogP contribution >= 0.6 is 0 Å². The van der Waals surface area contributed by atoms with Crippen molar-refractivity contribution in [2.75, 3.05) is 32.1 Å². The Balaban J connectivity index is 2.81. The molecule has 20 heavy (non-hydrogen) atoms. The molecular formula is C15H28N4O. The van der Waals surface area contributed by atoms with Crippen LogP contribution in [0, 0.1) is 0 Å². The molecule has 1 heterocycles. The second kappa shape index (κ2) is 8.17. The summed E-state index contributed by atoms with van der Waals surface area (Å²) < 4.78 is 5.60. The second-order valence-corrected chi connectivity index (χ2v) is 5.59. The number of hydrogen-bond donors (Lipinski definition) is 1. The molecule has 0 saturated carbocycles. The SMILES string of the molecule is CNCc1nc(C(C)C)ncc1N(C)CCOC(C)C. The van der Waals surface area contributed by atoms with Crippen LogP contribution in [0.15, 0.2) is 6.20 Å². The molecule has 0 amide bonds. The molecule has 0 spiro atoms. The number of anilines is 1. The number of nitrogens with one attached hydrogen (secondary N) is 1. The molecule has 0 radical (unpaired) electrons. The highest BCUT2D eigenvalue weighted by Gasteiger charge is 2.12. The van der Waals surface area contributed by atoms with Gasteiger partial charge in [0.2, 0.25) is 0 Å². The summed E-state index contributed by atoms with van der Waals surface area (Å²) in [6.45, 7) is 10.6. The summed E-state index contributed by atoms with van der Waals surface area (Å²) in [6.07, 6.45) is 2.18. The quantitative estimate of drug-likeness (QED) is 0.791. The van der Waals surface area contributed by atoms with Crippen LogP contribution in [0.1, 0.15) is 45.1 Å². The van der Waals surface area contributed by atoms with Gasteiger partial charge in [0.15, 0.2) is 0 Å². The third kappa shape index (κ3) is 5.06. The molecular weight excluding hydrogens is 252 g/mol. The van der Waals surface area contributed by atoms with E-state index in [4.69, 9.17) is 4.74 Å². The molecule has 1 rings (SSSR count). The van der Waals surface area contributed by atoms with Gasteiger partial charge in [-0.15, -0.1) is 0 Å². The van der Waals surface area contributed by atoms with Gasteiger partial charge < -0.3 is 15.0 Å². The van der Waals surface area contributed by atoms with Gasteiger partial charge in [0.25, 0.3) is 0 Å². The normalized spacial score (nSPS) is 11.4. The van der Waals surface area contributed by atoms with Gasteiger partial charge in [-0.3, -0.25) is 0 Å². The first kappa shape index (κ1) is 16.9. The smallest absolute Gasteiger partial charge is 0.131 e. The predicted molar refractivity (Wildman–Crippen MR) is 83.2 cm³/mol. The second-order valence-electron chi connectivity index (χ2n) is 5.59. The van der Waals surface area contributed by atoms with Gasteiger partial charge in [-0.2, -0.15) is 0 Å². The van der Waals surface area contributed by atoms with Crippen LogP contribution in [0.5, 0.6) is 0 Å². The minimum Gasteiger partial charge on any atom is -0.377 e. The van der Waals surface area contributed by atoms with Crippen LogP contribution in [-0.2, 0) is 11.3 Å². The third-order valence-electron chi connectivity index (χ3n) is 3.01. The van der Waals surface area contributed by atoms with Gasteiger partial charge in [-0.1, -0.05) is 13.8 Å². The Labute approximate surface area is 122 Å². The fourth-order valence-electron chi connectivity index (χ4n) is 1.87. The Morgan fingerprint density at radius 3 is 2.55 bits per heavy atom. The highest BCUT2D eigenvalue weighted by molar-refractivity contribution is 5.48. The van der Waals surface area contributed by atoms with Gasteiger partial charge in [0.05, 0.1) is 30.3 Å². The van der Waals surface area contributed by atoms with E-state index >= 15 is 0 Å². The highest BCUT2D eigenvalue weighted by atomic mass is 16.5. The van der Waals surface area contributed by atoms with Crippen LogP contribution in [0.2, 0.25) is 0 Å². The van der Waals surface area contributed by atoms with Crippen LogP contribution < -0.4 is 10.2 Å². The van der Waals surface area contributed by atoms with Crippen molar-refractivity contribution in [2.45, 2.75) is 46.3 Å². The van der Waals surface area contributed by atoms with Gasteiger partial charge in [0.1, 0.15) is 5.82 Å². The molecule has 0 unspecified atom stereocenters. The Hall–Kier alpha value is -1.20. The maximum Gasteiger partial charge on any atom is 0.131 e. The number of ether oxygens (including phenoxy) is 1. The fraction of sp³-hybridized carbons (Fsp3) is 0.733. The van der Waals surface area contributed by atoms with Crippen molar-refractivity contribution in [1.29, 1.82) is 0 Å². The molecule has 0 atom stereocenters. The van der Waals surface area contributed by atoms with E-state index in [1.54, 1.807) is 0 Å². The topological polar surface area (TPSA) is 50.3 Å². The summed E-state index contributed by atoms with van der Waals surface area (Å²) in [5.74, 6) is 1.24. The number of hydrogen-bond acceptors (Lipinski definition) is 5. The fourth-order valence-corrected chi connectivity index (χ4v) is 1.87. The molecule has 0 aliphatic heterocycles. The van der Waals surface area contributed by atoms with Crippen molar-refractivity contribution in [1.82, 2.24) is 15.3 Å². The molecule has 5 nitrogen and oxygen atoms in total. The molecule has 0 fully saturated rings. The predicted octanol–water partition coefficient (Wildman–Crippen LogP) is 2.18. The van der Waals surface area contributed by atoms with E-state index < -0.39 is 0 Å². The summed E-state index contributed by atoms with van der Waals surface area (Å²) >= 11 is 0. The van der Waals surface area contributed by atoms with E-state index in [-0.39, 0.29) is 6.10 Å². The molecule has 0 saturated heterocycles. The van der Waals surface area contributed by atoms with Crippen molar-refractivity contribution in [3.63, 3.8) is 0 Å². The van der Waals surface area contributed by atoms with E-state index in [9.17, 15) is 0 Å². The van der Waals surface area contributed by atoms with Crippen molar-refractivity contribution >= 4 is 5.69 Å². The van der Waals surface area contributed by atoms with Crippen LogP contribution in [0.3, 0.4) is 0 Å². The number of nitrogens with zero attached hydrogens (tertiary/aromatic N) is 3. The molecule has 1 N–H and O–H groups in total. The summed E-state index contributed by atoms with van der Waals surface area (Å²) in [6, 6.07) is 0. The first-order valence-electron chi connectivity index (χ1n) is 7.28. The Bertz CT molecular complexity index is 407. The zero-order valence-corrected chi connectivity index (χ0v) is 13.6. The minimum atomic E-state index is 0.264. The molecule has 0 aliphatic rings. The largest absolute Gasteiger partial charge is 0.377 e. The molecule has 0 bridgehead atoms. The molecule has 1 aromatic heterocycles. The average molecular weight is 280 g/mol. The third-order valence-corrected chi connectivity index (χ3v) is 3.01. The van der Waals surface area contributed by atoms with Gasteiger partial charge >= 0.3 is 0 Å². The van der Waals surface area contributed by atoms with Crippen molar-refractivity contribution in [3.8, 4) is 0 Å². The van der Waals surface area contributed by atoms with Crippen LogP contribution in [-0.4, -0.2) is 43.3 Å². The van der Waals surface area contributed by atoms with E-state index in [0.29, 0.717) is 12.5 Å². The lowest BCUT2D eigenvalue weighted by atomic mass is 10.2. The van der Waals surface area contributed by atoms with Crippen LogP contribution in [0.25, 0.3) is 0 Å². The van der Waals surface area contributed by atoms with E-state index in [1.807, 2.05) is 27.1 Å².